The van der Waals surface area contributed by atoms with Gasteiger partial charge in [-0.25, -0.2) is 0 Å². The second-order valence-electron chi connectivity index (χ2n) is 22.4. The largest absolute Gasteiger partial charge is 0.384 e. The first-order valence-electron chi connectivity index (χ1n) is 32.3. The van der Waals surface area contributed by atoms with Crippen molar-refractivity contribution in [1.29, 1.82) is 0 Å². The number of halogens is 5. The summed E-state index contributed by atoms with van der Waals surface area (Å²) in [4.78, 5) is 73.5. The van der Waals surface area contributed by atoms with Crippen LogP contribution in [0.2, 0.25) is 25.1 Å². The maximum Gasteiger partial charge on any atom is 0.332 e. The zero-order valence-electron chi connectivity index (χ0n) is 58.5. The number of nitrogens with one attached hydrogen (secondary N) is 6. The molecule has 0 aliphatic heterocycles. The van der Waals surface area contributed by atoms with Crippen LogP contribution in [-0.4, -0.2) is 113 Å². The Morgan fingerprint density at radius 2 is 0.733 bits per heavy atom. The maximum absolute atomic E-state index is 12.8. The molecule has 0 aliphatic rings. The summed E-state index contributed by atoms with van der Waals surface area (Å²) in [6.45, 7) is 22.7. The molecular weight excluding hydrogens is 1460 g/mol. The van der Waals surface area contributed by atoms with E-state index in [0.29, 0.717) is 86.7 Å². The average molecular weight is 1560 g/mol. The predicted molar refractivity (Wildman–Crippen MR) is 407 cm³/mol. The van der Waals surface area contributed by atoms with Gasteiger partial charge in [-0.15, -0.1) is 0 Å². The minimum atomic E-state index is -3.30. The average Bonchev–Trinajstić information content (AvgIpc) is 0.804. The monoisotopic (exact) mass is 1550 g/mol. The highest BCUT2D eigenvalue weighted by Crippen LogP contribution is 2.50. The number of carbonyl (C=O) groups excluding carboxylic acids is 6. The van der Waals surface area contributed by atoms with Gasteiger partial charge < -0.3 is 76.2 Å². The van der Waals surface area contributed by atoms with Crippen molar-refractivity contribution >= 4 is 150 Å². The van der Waals surface area contributed by atoms with Gasteiger partial charge in [0.1, 0.15) is 18.1 Å². The fourth-order valence-corrected chi connectivity index (χ4v) is 16.1. The van der Waals surface area contributed by atoms with E-state index in [1.54, 1.807) is 133 Å². The van der Waals surface area contributed by atoms with Crippen molar-refractivity contribution in [2.45, 2.75) is 101 Å². The highest BCUT2D eigenvalue weighted by atomic mass is 35.5. The molecule has 0 heterocycles. The van der Waals surface area contributed by atoms with Crippen molar-refractivity contribution in [3.05, 3.63) is 172 Å². The van der Waals surface area contributed by atoms with E-state index < -0.39 is 58.6 Å². The van der Waals surface area contributed by atoms with E-state index in [4.69, 9.17) is 102 Å². The van der Waals surface area contributed by atoms with Crippen LogP contribution in [0.4, 0.5) is 34.1 Å². The van der Waals surface area contributed by atoms with E-state index in [9.17, 15) is 42.5 Å². The molecule has 6 rings (SSSR count). The van der Waals surface area contributed by atoms with Crippen molar-refractivity contribution in [1.82, 2.24) is 0 Å². The van der Waals surface area contributed by atoms with Gasteiger partial charge in [-0.2, -0.15) is 0 Å². The van der Waals surface area contributed by atoms with Crippen LogP contribution in [0.25, 0.3) is 0 Å². The molecule has 6 aromatic rings. The summed E-state index contributed by atoms with van der Waals surface area (Å²) < 4.78 is 69.9. The number of aryl methyl sites for hydroxylation is 3. The molecule has 0 aliphatic carbocycles. The zero-order chi connectivity index (χ0) is 75.5. The molecule has 0 spiro atoms. The Labute approximate surface area is 616 Å². The molecule has 0 radical (unpaired) electrons. The lowest BCUT2D eigenvalue weighted by molar-refractivity contribution is -0.119. The Bertz CT molecular complexity index is 4010. The molecule has 24 nitrogen and oxygen atoms in total. The summed E-state index contributed by atoms with van der Waals surface area (Å²) in [5.74, 6) is -2.58. The van der Waals surface area contributed by atoms with E-state index in [0.717, 1.165) is 16.7 Å². The van der Waals surface area contributed by atoms with Crippen LogP contribution in [0.3, 0.4) is 0 Å². The van der Waals surface area contributed by atoms with Crippen LogP contribution in [0.1, 0.15) is 145 Å². The Hall–Kier alpha value is -6.56. The lowest BCUT2D eigenvalue weighted by atomic mass is 10.0. The molecule has 552 valence electrons. The van der Waals surface area contributed by atoms with E-state index in [1.165, 1.54) is 20.8 Å². The molecule has 0 bridgehead atoms. The van der Waals surface area contributed by atoms with Crippen LogP contribution in [0, 0.1) is 20.8 Å². The summed E-state index contributed by atoms with van der Waals surface area (Å²) in [7, 11) is -9.70. The number of rotatable bonds is 39. The fraction of sp³-hybridized carbons (Fsp3) is 0.391. The second-order valence-corrected chi connectivity index (χ2v) is 31.0. The molecule has 3 amide bonds. The van der Waals surface area contributed by atoms with Gasteiger partial charge >= 0.3 is 22.8 Å². The van der Waals surface area contributed by atoms with Gasteiger partial charge in [0.15, 0.2) is 17.3 Å². The summed E-state index contributed by atoms with van der Waals surface area (Å²) >= 11 is 32.5. The van der Waals surface area contributed by atoms with Gasteiger partial charge in [0.25, 0.3) is 0 Å². The van der Waals surface area contributed by atoms with Crippen molar-refractivity contribution in [3.63, 3.8) is 0 Å². The van der Waals surface area contributed by atoms with Crippen molar-refractivity contribution in [2.75, 3.05) is 110 Å². The van der Waals surface area contributed by atoms with Crippen molar-refractivity contribution in [2.24, 2.45) is 17.2 Å². The maximum atomic E-state index is 12.8. The summed E-state index contributed by atoms with van der Waals surface area (Å²) in [6.07, 6.45) is 0.379. The van der Waals surface area contributed by atoms with Crippen LogP contribution in [0.5, 0.6) is 0 Å². The Morgan fingerprint density at radius 1 is 0.396 bits per heavy atom. The molecule has 12 N–H and O–H groups in total. The standard InChI is InChI=1S/2C23H30Cl2N3O5P.C23H31ClN3O5P/c1-5-32-34(31,33-6-2)12-11-27-18-10-9-17(24)20(21(18)25)22(23(26)30)28-19-13-14(3)7-8-16(19)15(4)29;1-5-32-34(31,33-6-2)12-11-27-21-18(25)10-9-17(24)20(21)22(23(26)30)28-19-13-14(3)7-8-16(19)15(4)29;1-5-31-33(30,32-6-2)12-11-26-17-8-10-19(20(24)14-17)22(23(25)29)27-21-13-15(3)7-9-18(21)16(4)28/h2*7-10,13,22,27-28H,5-6,11-12H2,1-4H3,(H2,26,30);7-10,13-14,22,26-27H,5-6,11-12H2,1-4H3,(H2,25,29). The number of benzene rings is 6. The minimum absolute atomic E-state index is 0.0675. The first kappa shape index (κ1) is 86.8. The highest BCUT2D eigenvalue weighted by Gasteiger charge is 2.32. The summed E-state index contributed by atoms with van der Waals surface area (Å²) in [5.41, 5.74) is 25.0. The van der Waals surface area contributed by atoms with Gasteiger partial charge in [0.05, 0.1) is 79.5 Å². The Morgan fingerprint density at radius 3 is 1.10 bits per heavy atom. The first-order valence-corrected chi connectivity index (χ1v) is 39.4. The zero-order valence-corrected chi connectivity index (χ0v) is 65.0. The lowest BCUT2D eigenvalue weighted by Crippen LogP contribution is -2.29. The quantitative estimate of drug-likeness (QED) is 0.0128. The van der Waals surface area contributed by atoms with E-state index in [2.05, 4.69) is 31.9 Å². The Balaban J connectivity index is 0.000000321. The van der Waals surface area contributed by atoms with Crippen LogP contribution in [0.15, 0.2) is 97.1 Å². The van der Waals surface area contributed by atoms with Gasteiger partial charge in [-0.3, -0.25) is 42.5 Å². The van der Waals surface area contributed by atoms with Gasteiger partial charge in [0.2, 0.25) is 17.7 Å². The second kappa shape index (κ2) is 41.7. The highest BCUT2D eigenvalue weighted by molar-refractivity contribution is 7.54. The molecule has 6 aromatic carbocycles. The van der Waals surface area contributed by atoms with Gasteiger partial charge in [-0.1, -0.05) is 82.3 Å². The number of Topliss-reactive ketones (excluding diaryl/α,β-unsaturated/α-hetero) is 3. The van der Waals surface area contributed by atoms with Crippen LogP contribution in [-0.2, 0) is 55.2 Å². The van der Waals surface area contributed by atoms with Crippen LogP contribution >= 0.6 is 80.8 Å². The number of anilines is 6. The van der Waals surface area contributed by atoms with E-state index >= 15 is 0 Å². The number of nitrogens with two attached hydrogens (primary N) is 3. The Kier molecular flexibility index (Phi) is 35.8. The fourth-order valence-electron chi connectivity index (χ4n) is 10.1. The third-order valence-corrected chi connectivity index (χ3v) is 22.6. The predicted octanol–water partition coefficient (Wildman–Crippen LogP) is 16.8. The molecule has 0 fully saturated rings. The molecule has 0 saturated carbocycles. The SMILES string of the molecule is CCOP(=O)(CCNc1c(Cl)ccc(Cl)c1C(Nc1cc(C)ccc1C(C)=O)C(N)=O)OCC.CCOP(=O)(CCNc1ccc(C(Nc2cc(C)ccc2C(C)=O)C(N)=O)c(Cl)c1)OCC.CCOP(=O)(CCNc1ccc(Cl)c(C(Nc2cc(C)ccc2C(C)=O)C(N)=O)c1Cl)OCC. The minimum Gasteiger partial charge on any atom is -0.384 e. The number of primary amides is 3. The molecule has 0 aromatic heterocycles. The summed E-state index contributed by atoms with van der Waals surface area (Å²) in [5, 5.41) is 19.7. The number of carbonyl (C=O) groups is 6. The molecule has 3 unspecified atom stereocenters. The first-order chi connectivity index (χ1) is 47.6. The van der Waals surface area contributed by atoms with Crippen molar-refractivity contribution < 1.29 is 69.6 Å². The smallest absolute Gasteiger partial charge is 0.332 e. The van der Waals surface area contributed by atoms with Crippen molar-refractivity contribution in [3.8, 4) is 0 Å². The number of hydrogen-bond donors (Lipinski definition) is 9. The van der Waals surface area contributed by atoms with Gasteiger partial charge in [-0.05, 0) is 173 Å². The molecule has 3 atom stereocenters. The number of ketones is 3. The third kappa shape index (κ3) is 26.3. The van der Waals surface area contributed by atoms with E-state index in [1.807, 2.05) is 26.8 Å². The molecule has 0 saturated heterocycles. The topological polar surface area (TPSA) is 359 Å². The normalized spacial score (nSPS) is 12.3. The molecule has 101 heavy (non-hydrogen) atoms. The molecule has 32 heteroatoms. The number of amides is 3. The van der Waals surface area contributed by atoms with Crippen LogP contribution < -0.4 is 49.1 Å². The number of hydrogen-bond acceptors (Lipinski definition) is 21. The van der Waals surface area contributed by atoms with Gasteiger partial charge in [0, 0.05) is 90.8 Å². The third-order valence-electron chi connectivity index (χ3n) is 14.6. The summed E-state index contributed by atoms with van der Waals surface area (Å²) in [6, 6.07) is 24.0. The van der Waals surface area contributed by atoms with E-state index in [-0.39, 0.29) is 101 Å². The lowest BCUT2D eigenvalue weighted by Gasteiger charge is -2.24. The molecular formula is C69H91Cl5N9O15P3.